The molecular formula is C13H25N. The standard InChI is InChI=1S/C13H25N/c1-3-7-14-8-5-13(6-9-14)10-12(4-2)11-13/h12H,3-11H2,1-2H3. The van der Waals surface area contributed by atoms with Gasteiger partial charge in [-0.3, -0.25) is 0 Å². The predicted molar refractivity (Wildman–Crippen MR) is 61.4 cm³/mol. The molecule has 1 spiro atoms. The maximum absolute atomic E-state index is 2.66. The van der Waals surface area contributed by atoms with Gasteiger partial charge in [-0.2, -0.15) is 0 Å². The first-order valence-corrected chi connectivity index (χ1v) is 6.50. The summed E-state index contributed by atoms with van der Waals surface area (Å²) in [5.74, 6) is 1.08. The third-order valence-corrected chi connectivity index (χ3v) is 4.48. The lowest BCUT2D eigenvalue weighted by atomic mass is 9.57. The van der Waals surface area contributed by atoms with Crippen molar-refractivity contribution in [3.05, 3.63) is 0 Å². The molecule has 1 nitrogen and oxygen atoms in total. The summed E-state index contributed by atoms with van der Waals surface area (Å²) in [7, 11) is 0. The van der Waals surface area contributed by atoms with Gasteiger partial charge in [-0.15, -0.1) is 0 Å². The molecule has 0 amide bonds. The zero-order valence-corrected chi connectivity index (χ0v) is 9.89. The van der Waals surface area contributed by atoms with E-state index in [2.05, 4.69) is 18.7 Å². The van der Waals surface area contributed by atoms with Crippen molar-refractivity contribution in [3.63, 3.8) is 0 Å². The van der Waals surface area contributed by atoms with Gasteiger partial charge in [0.2, 0.25) is 0 Å². The SMILES string of the molecule is CCCN1CCC2(CC1)CC(CC)C2. The van der Waals surface area contributed by atoms with Gasteiger partial charge in [0.25, 0.3) is 0 Å². The molecular weight excluding hydrogens is 170 g/mol. The van der Waals surface area contributed by atoms with Gasteiger partial charge in [-0.25, -0.2) is 0 Å². The fraction of sp³-hybridized carbons (Fsp3) is 1.00. The fourth-order valence-corrected chi connectivity index (χ4v) is 3.43. The van der Waals surface area contributed by atoms with Gasteiger partial charge in [-0.05, 0) is 63.1 Å². The van der Waals surface area contributed by atoms with Crippen molar-refractivity contribution in [1.82, 2.24) is 4.90 Å². The van der Waals surface area contributed by atoms with E-state index in [0.717, 1.165) is 11.3 Å². The van der Waals surface area contributed by atoms with Crippen molar-refractivity contribution in [3.8, 4) is 0 Å². The molecule has 82 valence electrons. The highest BCUT2D eigenvalue weighted by atomic mass is 15.1. The smallest absolute Gasteiger partial charge is 0.00134 e. The summed E-state index contributed by atoms with van der Waals surface area (Å²) in [6, 6.07) is 0. The molecule has 2 rings (SSSR count). The average molecular weight is 195 g/mol. The van der Waals surface area contributed by atoms with Crippen LogP contribution >= 0.6 is 0 Å². The lowest BCUT2D eigenvalue weighted by Gasteiger charge is -2.52. The maximum atomic E-state index is 2.66. The van der Waals surface area contributed by atoms with Crippen LogP contribution in [0.15, 0.2) is 0 Å². The first-order chi connectivity index (χ1) is 6.78. The molecule has 1 saturated heterocycles. The molecule has 2 fully saturated rings. The van der Waals surface area contributed by atoms with Crippen molar-refractivity contribution in [1.29, 1.82) is 0 Å². The predicted octanol–water partition coefficient (Wildman–Crippen LogP) is 3.30. The zero-order chi connectivity index (χ0) is 10.0. The van der Waals surface area contributed by atoms with Crippen LogP contribution in [0.25, 0.3) is 0 Å². The first kappa shape index (κ1) is 10.5. The minimum Gasteiger partial charge on any atom is -0.303 e. The van der Waals surface area contributed by atoms with Crippen LogP contribution in [0, 0.1) is 11.3 Å². The molecule has 0 N–H and O–H groups in total. The molecule has 0 atom stereocenters. The lowest BCUT2D eigenvalue weighted by molar-refractivity contribution is -0.0141. The molecule has 0 unspecified atom stereocenters. The van der Waals surface area contributed by atoms with Crippen molar-refractivity contribution in [2.24, 2.45) is 11.3 Å². The molecule has 2 aliphatic rings. The van der Waals surface area contributed by atoms with Crippen molar-refractivity contribution in [2.75, 3.05) is 19.6 Å². The van der Waals surface area contributed by atoms with E-state index in [9.17, 15) is 0 Å². The van der Waals surface area contributed by atoms with Gasteiger partial charge >= 0.3 is 0 Å². The van der Waals surface area contributed by atoms with Crippen LogP contribution in [0.3, 0.4) is 0 Å². The largest absolute Gasteiger partial charge is 0.303 e. The van der Waals surface area contributed by atoms with E-state index in [-0.39, 0.29) is 0 Å². The van der Waals surface area contributed by atoms with Crippen LogP contribution in [0.2, 0.25) is 0 Å². The van der Waals surface area contributed by atoms with Gasteiger partial charge in [0.05, 0.1) is 0 Å². The Morgan fingerprint density at radius 1 is 1.14 bits per heavy atom. The van der Waals surface area contributed by atoms with Gasteiger partial charge in [0, 0.05) is 0 Å². The Hall–Kier alpha value is -0.0400. The molecule has 1 heterocycles. The van der Waals surface area contributed by atoms with E-state index in [1.807, 2.05) is 0 Å². The summed E-state index contributed by atoms with van der Waals surface area (Å²) in [6.45, 7) is 8.73. The number of rotatable bonds is 3. The fourth-order valence-electron chi connectivity index (χ4n) is 3.43. The van der Waals surface area contributed by atoms with E-state index in [1.165, 1.54) is 45.3 Å². The highest BCUT2D eigenvalue weighted by Gasteiger charge is 2.44. The van der Waals surface area contributed by atoms with Crippen molar-refractivity contribution < 1.29 is 0 Å². The molecule has 1 saturated carbocycles. The van der Waals surface area contributed by atoms with E-state index in [0.29, 0.717) is 0 Å². The van der Waals surface area contributed by atoms with Crippen LogP contribution in [0.1, 0.15) is 52.4 Å². The summed E-state index contributed by atoms with van der Waals surface area (Å²) >= 11 is 0. The molecule has 1 aliphatic heterocycles. The number of hydrogen-bond acceptors (Lipinski definition) is 1. The highest BCUT2D eigenvalue weighted by molar-refractivity contribution is 4.96. The third kappa shape index (κ3) is 1.98. The molecule has 0 aromatic carbocycles. The summed E-state index contributed by atoms with van der Waals surface area (Å²) in [5, 5.41) is 0. The van der Waals surface area contributed by atoms with Crippen molar-refractivity contribution in [2.45, 2.75) is 52.4 Å². The van der Waals surface area contributed by atoms with Crippen molar-refractivity contribution >= 4 is 0 Å². The number of piperidine rings is 1. The number of hydrogen-bond donors (Lipinski definition) is 0. The summed E-state index contributed by atoms with van der Waals surface area (Å²) in [5.41, 5.74) is 0.810. The number of likely N-dealkylation sites (tertiary alicyclic amines) is 1. The summed E-state index contributed by atoms with van der Waals surface area (Å²) < 4.78 is 0. The average Bonchev–Trinajstić information content (AvgIpc) is 2.16. The van der Waals surface area contributed by atoms with E-state index in [1.54, 1.807) is 12.8 Å². The van der Waals surface area contributed by atoms with E-state index < -0.39 is 0 Å². The molecule has 0 bridgehead atoms. The Morgan fingerprint density at radius 2 is 1.79 bits per heavy atom. The molecule has 0 aromatic heterocycles. The molecule has 14 heavy (non-hydrogen) atoms. The third-order valence-electron chi connectivity index (χ3n) is 4.48. The van der Waals surface area contributed by atoms with Gasteiger partial charge in [0.15, 0.2) is 0 Å². The van der Waals surface area contributed by atoms with Gasteiger partial charge < -0.3 is 4.90 Å². The maximum Gasteiger partial charge on any atom is -0.00134 e. The van der Waals surface area contributed by atoms with Crippen LogP contribution < -0.4 is 0 Å². The second-order valence-corrected chi connectivity index (χ2v) is 5.52. The lowest BCUT2D eigenvalue weighted by Crippen LogP contribution is -2.47. The van der Waals surface area contributed by atoms with E-state index >= 15 is 0 Å². The molecule has 0 radical (unpaired) electrons. The zero-order valence-electron chi connectivity index (χ0n) is 9.89. The van der Waals surface area contributed by atoms with Gasteiger partial charge in [0.1, 0.15) is 0 Å². The Balaban J connectivity index is 1.74. The Morgan fingerprint density at radius 3 is 2.29 bits per heavy atom. The topological polar surface area (TPSA) is 3.24 Å². The van der Waals surface area contributed by atoms with Gasteiger partial charge in [-0.1, -0.05) is 20.3 Å². The molecule has 1 aliphatic carbocycles. The minimum absolute atomic E-state index is 0.810. The van der Waals surface area contributed by atoms with Crippen LogP contribution in [-0.4, -0.2) is 24.5 Å². The monoisotopic (exact) mass is 195 g/mol. The van der Waals surface area contributed by atoms with E-state index in [4.69, 9.17) is 0 Å². The summed E-state index contributed by atoms with van der Waals surface area (Å²) in [6.07, 6.45) is 8.81. The second-order valence-electron chi connectivity index (χ2n) is 5.52. The Bertz CT molecular complexity index is 172. The first-order valence-electron chi connectivity index (χ1n) is 6.50. The molecule has 1 heteroatoms. The summed E-state index contributed by atoms with van der Waals surface area (Å²) in [4.78, 5) is 2.66. The second kappa shape index (κ2) is 4.22. The normalized spacial score (nSPS) is 27.9. The molecule has 0 aromatic rings. The Labute approximate surface area is 88.9 Å². The highest BCUT2D eigenvalue weighted by Crippen LogP contribution is 2.53. The van der Waals surface area contributed by atoms with Crippen LogP contribution in [0.4, 0.5) is 0 Å². The van der Waals surface area contributed by atoms with Crippen LogP contribution in [-0.2, 0) is 0 Å². The quantitative estimate of drug-likeness (QED) is 0.668. The number of nitrogens with zero attached hydrogens (tertiary/aromatic N) is 1. The minimum atomic E-state index is 0.810. The Kier molecular flexibility index (Phi) is 3.16. The van der Waals surface area contributed by atoms with Crippen LogP contribution in [0.5, 0.6) is 0 Å².